The summed E-state index contributed by atoms with van der Waals surface area (Å²) in [6.07, 6.45) is 10.2. The molecule has 1 heterocycles. The molecule has 3 rings (SSSR count). The number of benzene rings is 1. The molecule has 194 valence electrons. The molecule has 0 bridgehead atoms. The molecule has 1 atom stereocenters. The molecule has 0 unspecified atom stereocenters. The minimum Gasteiger partial charge on any atom is -0.483 e. The minimum absolute atomic E-state index is 0.183. The number of rotatable bonds is 9. The zero-order valence-corrected chi connectivity index (χ0v) is 21.3. The highest BCUT2D eigenvalue weighted by Crippen LogP contribution is 2.26. The Hall–Kier alpha value is -3.72. The van der Waals surface area contributed by atoms with Crippen molar-refractivity contribution in [3.05, 3.63) is 66.3 Å². The third kappa shape index (κ3) is 8.81. The number of hydrogen-bond acceptors (Lipinski definition) is 7. The van der Waals surface area contributed by atoms with Crippen molar-refractivity contribution in [2.24, 2.45) is 16.6 Å². The first-order chi connectivity index (χ1) is 17.4. The van der Waals surface area contributed by atoms with Crippen LogP contribution in [-0.4, -0.2) is 53.3 Å². The molecule has 1 fully saturated rings. The van der Waals surface area contributed by atoms with Gasteiger partial charge < -0.3 is 25.8 Å². The number of ether oxygens (including phenoxy) is 1. The highest BCUT2D eigenvalue weighted by Gasteiger charge is 2.24. The summed E-state index contributed by atoms with van der Waals surface area (Å²) in [5.41, 5.74) is 9.96. The normalized spacial score (nSPS) is 15.3. The van der Waals surface area contributed by atoms with Crippen LogP contribution in [0.5, 0.6) is 0 Å². The number of nitrogens with two attached hydrogens (primary N) is 1. The van der Waals surface area contributed by atoms with Gasteiger partial charge in [0.2, 0.25) is 5.91 Å². The number of anilines is 1. The maximum Gasteiger partial charge on any atom is 0.290 e. The van der Waals surface area contributed by atoms with Crippen molar-refractivity contribution in [1.82, 2.24) is 9.88 Å². The highest BCUT2D eigenvalue weighted by atomic mass is 16.5. The number of methoxy groups -OCH3 is 1. The van der Waals surface area contributed by atoms with Gasteiger partial charge in [-0.05, 0) is 49.6 Å². The molecule has 2 aromatic rings. The predicted molar refractivity (Wildman–Crippen MR) is 142 cm³/mol. The second-order valence-corrected chi connectivity index (χ2v) is 8.62. The van der Waals surface area contributed by atoms with E-state index in [1.807, 2.05) is 55.3 Å². The molecule has 36 heavy (non-hydrogen) atoms. The van der Waals surface area contributed by atoms with Crippen LogP contribution in [0.4, 0.5) is 11.4 Å². The number of nitrogens with one attached hydrogen (secondary N) is 1. The fourth-order valence-electron chi connectivity index (χ4n) is 4.09. The Labute approximate surface area is 213 Å². The third-order valence-electron chi connectivity index (χ3n) is 6.06. The van der Waals surface area contributed by atoms with Gasteiger partial charge in [-0.15, -0.1) is 0 Å². The highest BCUT2D eigenvalue weighted by molar-refractivity contribution is 6.06. The van der Waals surface area contributed by atoms with E-state index >= 15 is 0 Å². The van der Waals surface area contributed by atoms with E-state index in [0.717, 1.165) is 42.6 Å². The molecule has 1 aromatic heterocycles. The second-order valence-electron chi connectivity index (χ2n) is 8.62. The van der Waals surface area contributed by atoms with Crippen LogP contribution in [0.25, 0.3) is 0 Å². The average Bonchev–Trinajstić information content (AvgIpc) is 2.92. The summed E-state index contributed by atoms with van der Waals surface area (Å²) < 4.78 is 5.52. The first kappa shape index (κ1) is 28.5. The van der Waals surface area contributed by atoms with Crippen LogP contribution >= 0.6 is 0 Å². The maximum absolute atomic E-state index is 12.7. The number of pyridine rings is 1. The molecule has 1 aliphatic rings. The molecule has 9 heteroatoms. The van der Waals surface area contributed by atoms with E-state index in [0.29, 0.717) is 18.0 Å². The van der Waals surface area contributed by atoms with E-state index in [4.69, 9.17) is 25.4 Å². The van der Waals surface area contributed by atoms with E-state index < -0.39 is 0 Å². The molecular weight excluding hydrogens is 458 g/mol. The zero-order valence-electron chi connectivity index (χ0n) is 21.3. The lowest BCUT2D eigenvalue weighted by atomic mass is 9.88. The Balaban J connectivity index is 0.00000145. The van der Waals surface area contributed by atoms with Gasteiger partial charge in [0.15, 0.2) is 0 Å². The second kappa shape index (κ2) is 15.3. The van der Waals surface area contributed by atoms with Crippen molar-refractivity contribution < 1.29 is 19.4 Å². The molecule has 9 nitrogen and oxygen atoms in total. The minimum atomic E-state index is -0.272. The van der Waals surface area contributed by atoms with Gasteiger partial charge in [0.1, 0.15) is 0 Å². The zero-order chi connectivity index (χ0) is 26.3. The lowest BCUT2D eigenvalue weighted by Crippen LogP contribution is -2.33. The molecule has 1 aliphatic carbocycles. The molecule has 4 N–H and O–H groups in total. The van der Waals surface area contributed by atoms with E-state index in [1.165, 1.54) is 12.6 Å². The lowest BCUT2D eigenvalue weighted by Gasteiger charge is -2.26. The molecule has 1 aromatic carbocycles. The predicted octanol–water partition coefficient (Wildman–Crippen LogP) is 4.34. The fourth-order valence-corrected chi connectivity index (χ4v) is 4.09. The Morgan fingerprint density at radius 2 is 1.94 bits per heavy atom. The number of carbonyl (C=O) groups is 2. The Morgan fingerprint density at radius 1 is 1.28 bits per heavy atom. The van der Waals surface area contributed by atoms with E-state index in [2.05, 4.69) is 10.3 Å². The van der Waals surface area contributed by atoms with Gasteiger partial charge in [-0.2, -0.15) is 0 Å². The molecular formula is C27H37N5O4. The van der Waals surface area contributed by atoms with Gasteiger partial charge in [-0.25, -0.2) is 4.99 Å². The van der Waals surface area contributed by atoms with Crippen LogP contribution in [0, 0.1) is 5.92 Å². The third-order valence-corrected chi connectivity index (χ3v) is 6.06. The van der Waals surface area contributed by atoms with Crippen LogP contribution in [0.3, 0.4) is 0 Å². The van der Waals surface area contributed by atoms with Crippen molar-refractivity contribution in [2.45, 2.75) is 51.7 Å². The van der Waals surface area contributed by atoms with Gasteiger partial charge in [0.05, 0.1) is 29.4 Å². The van der Waals surface area contributed by atoms with Crippen molar-refractivity contribution >= 4 is 29.5 Å². The van der Waals surface area contributed by atoms with Gasteiger partial charge in [0.25, 0.3) is 6.47 Å². The van der Waals surface area contributed by atoms with E-state index in [-0.39, 0.29) is 24.4 Å². The van der Waals surface area contributed by atoms with Crippen LogP contribution < -0.4 is 11.1 Å². The number of amides is 1. The number of aliphatic imine (C=N–C) groups is 1. The van der Waals surface area contributed by atoms with Crippen LogP contribution in [0.2, 0.25) is 0 Å². The largest absolute Gasteiger partial charge is 0.483 e. The summed E-state index contributed by atoms with van der Waals surface area (Å²) in [6.45, 7) is 2.27. The Bertz CT molecular complexity index is 1000. The van der Waals surface area contributed by atoms with Crippen LogP contribution in [0.1, 0.15) is 44.6 Å². The maximum atomic E-state index is 12.7. The Kier molecular flexibility index (Phi) is 12.1. The number of aromatic nitrogens is 1. The average molecular weight is 496 g/mol. The number of hydrogen-bond donors (Lipinski definition) is 3. The first-order valence-electron chi connectivity index (χ1n) is 12.1. The molecule has 0 spiro atoms. The van der Waals surface area contributed by atoms with Crippen molar-refractivity contribution in [2.75, 3.05) is 19.5 Å². The van der Waals surface area contributed by atoms with Crippen molar-refractivity contribution in [1.29, 1.82) is 0 Å². The van der Waals surface area contributed by atoms with Gasteiger partial charge in [-0.1, -0.05) is 31.4 Å². The number of carbonyl (C=O) groups excluding carboxylic acids is 1. The SMILES string of the molecule is CO[C@@H](C)C(=Nc1cccnc1)/C(=C\N)Nc1ccc(CN(C)C(=O)C2CCCCC2)cc1.O=CO. The smallest absolute Gasteiger partial charge is 0.290 e. The molecule has 0 saturated heterocycles. The van der Waals surface area contributed by atoms with Gasteiger partial charge in [0, 0.05) is 44.7 Å². The molecule has 1 saturated carbocycles. The monoisotopic (exact) mass is 495 g/mol. The topological polar surface area (TPSA) is 130 Å². The molecule has 0 aliphatic heterocycles. The summed E-state index contributed by atoms with van der Waals surface area (Å²) in [4.78, 5) is 31.8. The summed E-state index contributed by atoms with van der Waals surface area (Å²) in [5.74, 6) is 0.442. The molecule has 1 amide bonds. The molecule has 0 radical (unpaired) electrons. The summed E-state index contributed by atoms with van der Waals surface area (Å²) >= 11 is 0. The van der Waals surface area contributed by atoms with Crippen molar-refractivity contribution in [3.63, 3.8) is 0 Å². The summed E-state index contributed by atoms with van der Waals surface area (Å²) in [7, 11) is 3.53. The lowest BCUT2D eigenvalue weighted by molar-refractivity contribution is -0.135. The number of carboxylic acid groups (broad SMARTS) is 1. The number of nitrogens with zero attached hydrogens (tertiary/aromatic N) is 3. The quantitative estimate of drug-likeness (QED) is 0.348. The van der Waals surface area contributed by atoms with Crippen molar-refractivity contribution in [3.8, 4) is 0 Å². The van der Waals surface area contributed by atoms with Crippen LogP contribution in [0.15, 0.2) is 65.7 Å². The first-order valence-corrected chi connectivity index (χ1v) is 12.1. The standard InChI is InChI=1S/C26H35N5O2.CH2O2/c1-19(33-3)25(30-23-10-7-15-28-17-23)24(16-27)29-22-13-11-20(12-14-22)18-31(2)26(32)21-8-5-4-6-9-21;2-1-3/h7,10-17,19,21,29H,4-6,8-9,18,27H2,1-3H3;1H,(H,2,3)/b24-16+,30-25?;/t19-;/m0./s1. The van der Waals surface area contributed by atoms with E-state index in [1.54, 1.807) is 19.5 Å². The summed E-state index contributed by atoms with van der Waals surface area (Å²) in [5, 5.41) is 10.2. The fraction of sp³-hybridized carbons (Fsp3) is 0.407. The summed E-state index contributed by atoms with van der Waals surface area (Å²) in [6, 6.07) is 11.7. The van der Waals surface area contributed by atoms with Crippen LogP contribution in [-0.2, 0) is 20.9 Å². The van der Waals surface area contributed by atoms with Gasteiger partial charge in [-0.3, -0.25) is 14.6 Å². The Morgan fingerprint density at radius 3 is 2.50 bits per heavy atom. The van der Waals surface area contributed by atoms with E-state index in [9.17, 15) is 4.79 Å². The van der Waals surface area contributed by atoms with Gasteiger partial charge >= 0.3 is 0 Å².